The molecule has 1 aliphatic rings. The van der Waals surface area contributed by atoms with Gasteiger partial charge >= 0.3 is 0 Å². The van der Waals surface area contributed by atoms with E-state index >= 15 is 0 Å². The van der Waals surface area contributed by atoms with Crippen LogP contribution in [0.15, 0.2) is 0 Å². The highest BCUT2D eigenvalue weighted by Gasteiger charge is 2.35. The molecule has 5 heteroatoms. The molecule has 1 saturated heterocycles. The molecule has 114 valence electrons. The molecule has 0 amide bonds. The Kier molecular flexibility index (Phi) is 6.66. The highest BCUT2D eigenvalue weighted by molar-refractivity contribution is 4.89. The summed E-state index contributed by atoms with van der Waals surface area (Å²) < 4.78 is 13.7. The summed E-state index contributed by atoms with van der Waals surface area (Å²) >= 11 is 0. The lowest BCUT2D eigenvalue weighted by molar-refractivity contribution is 0.0381. The number of alkyl halides is 1. The van der Waals surface area contributed by atoms with Crippen LogP contribution in [-0.4, -0.2) is 54.5 Å². The fourth-order valence-electron chi connectivity index (χ4n) is 3.44. The smallest absolute Gasteiger partial charge is 0.102 e. The average Bonchev–Trinajstić information content (AvgIpc) is 2.76. The third-order valence-corrected chi connectivity index (χ3v) is 4.77. The van der Waals surface area contributed by atoms with Gasteiger partial charge in [-0.25, -0.2) is 4.39 Å². The van der Waals surface area contributed by atoms with E-state index in [1.165, 1.54) is 6.42 Å². The van der Waals surface area contributed by atoms with Crippen molar-refractivity contribution in [3.05, 3.63) is 0 Å². The first-order valence-electron chi connectivity index (χ1n) is 7.49. The molecule has 0 saturated carbocycles. The van der Waals surface area contributed by atoms with Crippen molar-refractivity contribution < 1.29 is 4.39 Å². The maximum atomic E-state index is 13.7. The summed E-state index contributed by atoms with van der Waals surface area (Å²) in [5.41, 5.74) is 12.3. The van der Waals surface area contributed by atoms with Gasteiger partial charge in [0.1, 0.15) is 6.17 Å². The maximum absolute atomic E-state index is 13.7. The third kappa shape index (κ3) is 3.88. The lowest BCUT2D eigenvalue weighted by Gasteiger charge is -2.41. The summed E-state index contributed by atoms with van der Waals surface area (Å²) in [4.78, 5) is 4.36. The number of likely N-dealkylation sites (tertiary alicyclic amines) is 1. The predicted octanol–water partition coefficient (Wildman–Crippen LogP) is 1.36. The minimum Gasteiger partial charge on any atom is -0.318 e. The number of nitrogens with zero attached hydrogens (tertiary/aromatic N) is 2. The lowest BCUT2D eigenvalue weighted by atomic mass is 9.92. The van der Waals surface area contributed by atoms with E-state index in [1.807, 2.05) is 13.8 Å². The van der Waals surface area contributed by atoms with Crippen molar-refractivity contribution >= 4 is 0 Å². The molecule has 1 fully saturated rings. The minimum atomic E-state index is -0.831. The Balaban J connectivity index is 2.75. The first-order chi connectivity index (χ1) is 8.93. The van der Waals surface area contributed by atoms with E-state index in [0.29, 0.717) is 12.7 Å². The molecule has 0 aromatic heterocycles. The monoisotopic (exact) mass is 274 g/mol. The van der Waals surface area contributed by atoms with Crippen molar-refractivity contribution in [2.24, 2.45) is 17.4 Å². The molecule has 5 atom stereocenters. The third-order valence-electron chi connectivity index (χ3n) is 4.77. The lowest BCUT2D eigenvalue weighted by Crippen LogP contribution is -2.60. The standard InChI is InChI=1S/C14H31FN4/c1-5-12(10(2)15)11(3)19(9-16)14(17)13-7-6-8-18(13)4/h10-14H,5-9,16-17H2,1-4H3. The van der Waals surface area contributed by atoms with Crippen LogP contribution in [0.25, 0.3) is 0 Å². The molecule has 4 N–H and O–H groups in total. The van der Waals surface area contributed by atoms with Crippen LogP contribution in [0.3, 0.4) is 0 Å². The summed E-state index contributed by atoms with van der Waals surface area (Å²) in [5.74, 6) is -0.0127. The second kappa shape index (κ2) is 7.53. The summed E-state index contributed by atoms with van der Waals surface area (Å²) in [6, 6.07) is 0.400. The Bertz CT molecular complexity index is 254. The summed E-state index contributed by atoms with van der Waals surface area (Å²) in [6.07, 6.45) is 2.15. The van der Waals surface area contributed by atoms with Crippen LogP contribution in [0, 0.1) is 5.92 Å². The van der Waals surface area contributed by atoms with E-state index in [2.05, 4.69) is 16.8 Å². The molecule has 0 aliphatic carbocycles. The molecule has 1 aliphatic heterocycles. The van der Waals surface area contributed by atoms with E-state index in [-0.39, 0.29) is 18.1 Å². The van der Waals surface area contributed by atoms with Gasteiger partial charge in [0.25, 0.3) is 0 Å². The van der Waals surface area contributed by atoms with Crippen molar-refractivity contribution in [1.29, 1.82) is 0 Å². The Hall–Kier alpha value is -0.230. The van der Waals surface area contributed by atoms with Crippen LogP contribution in [-0.2, 0) is 0 Å². The topological polar surface area (TPSA) is 58.5 Å². The van der Waals surface area contributed by atoms with E-state index in [0.717, 1.165) is 19.4 Å². The normalized spacial score (nSPS) is 27.5. The Morgan fingerprint density at radius 2 is 2.05 bits per heavy atom. The zero-order valence-electron chi connectivity index (χ0n) is 12.8. The second-order valence-corrected chi connectivity index (χ2v) is 5.87. The van der Waals surface area contributed by atoms with Crippen LogP contribution < -0.4 is 11.5 Å². The van der Waals surface area contributed by atoms with Gasteiger partial charge < -0.3 is 16.4 Å². The highest BCUT2D eigenvalue weighted by Crippen LogP contribution is 2.25. The number of likely N-dealkylation sites (N-methyl/N-ethyl adjacent to an activating group) is 1. The zero-order valence-corrected chi connectivity index (χ0v) is 12.8. The molecular formula is C14H31FN4. The highest BCUT2D eigenvalue weighted by atomic mass is 19.1. The average molecular weight is 274 g/mol. The van der Waals surface area contributed by atoms with Crippen molar-refractivity contribution in [1.82, 2.24) is 9.80 Å². The fraction of sp³-hybridized carbons (Fsp3) is 1.00. The zero-order chi connectivity index (χ0) is 14.6. The largest absolute Gasteiger partial charge is 0.318 e. The van der Waals surface area contributed by atoms with Gasteiger partial charge in [0, 0.05) is 24.7 Å². The van der Waals surface area contributed by atoms with Gasteiger partial charge in [-0.3, -0.25) is 4.90 Å². The van der Waals surface area contributed by atoms with Crippen LogP contribution >= 0.6 is 0 Å². The SMILES string of the molecule is CCC(C(C)F)C(C)N(CN)C(N)C1CCCN1C. The van der Waals surface area contributed by atoms with E-state index in [9.17, 15) is 4.39 Å². The summed E-state index contributed by atoms with van der Waals surface area (Å²) in [7, 11) is 2.10. The summed E-state index contributed by atoms with van der Waals surface area (Å²) in [6.45, 7) is 7.18. The molecule has 19 heavy (non-hydrogen) atoms. The van der Waals surface area contributed by atoms with Gasteiger partial charge in [0.2, 0.25) is 0 Å². The van der Waals surface area contributed by atoms with Gasteiger partial charge in [-0.1, -0.05) is 6.92 Å². The van der Waals surface area contributed by atoms with Crippen LogP contribution in [0.4, 0.5) is 4.39 Å². The van der Waals surface area contributed by atoms with Crippen molar-refractivity contribution in [3.8, 4) is 0 Å². The van der Waals surface area contributed by atoms with Crippen molar-refractivity contribution in [2.75, 3.05) is 20.3 Å². The number of hydrogen-bond acceptors (Lipinski definition) is 4. The molecule has 4 nitrogen and oxygen atoms in total. The molecule has 0 spiro atoms. The number of nitrogens with two attached hydrogens (primary N) is 2. The minimum absolute atomic E-state index is 0.0127. The van der Waals surface area contributed by atoms with Gasteiger partial charge in [-0.2, -0.15) is 0 Å². The van der Waals surface area contributed by atoms with Crippen LogP contribution in [0.5, 0.6) is 0 Å². The van der Waals surface area contributed by atoms with Gasteiger partial charge in [0.05, 0.1) is 6.17 Å². The van der Waals surface area contributed by atoms with E-state index in [4.69, 9.17) is 11.5 Å². The molecule has 0 bridgehead atoms. The van der Waals surface area contributed by atoms with E-state index < -0.39 is 6.17 Å². The fourth-order valence-corrected chi connectivity index (χ4v) is 3.44. The van der Waals surface area contributed by atoms with Crippen molar-refractivity contribution in [2.45, 2.75) is 64.5 Å². The number of hydrogen-bond donors (Lipinski definition) is 2. The molecule has 1 heterocycles. The molecular weight excluding hydrogens is 243 g/mol. The predicted molar refractivity (Wildman–Crippen MR) is 78.3 cm³/mol. The summed E-state index contributed by atoms with van der Waals surface area (Å²) in [5, 5.41) is 0. The molecule has 0 radical (unpaired) electrons. The number of rotatable bonds is 7. The van der Waals surface area contributed by atoms with Crippen LogP contribution in [0.2, 0.25) is 0 Å². The Morgan fingerprint density at radius 3 is 2.42 bits per heavy atom. The maximum Gasteiger partial charge on any atom is 0.102 e. The second-order valence-electron chi connectivity index (χ2n) is 5.87. The quantitative estimate of drug-likeness (QED) is 0.688. The molecule has 0 aromatic carbocycles. The van der Waals surface area contributed by atoms with Gasteiger partial charge in [-0.15, -0.1) is 0 Å². The Morgan fingerprint density at radius 1 is 1.42 bits per heavy atom. The van der Waals surface area contributed by atoms with Gasteiger partial charge in [-0.05, 0) is 46.7 Å². The van der Waals surface area contributed by atoms with Crippen LogP contribution in [0.1, 0.15) is 40.0 Å². The first kappa shape index (κ1) is 16.8. The number of halogens is 1. The van der Waals surface area contributed by atoms with E-state index in [1.54, 1.807) is 6.92 Å². The Labute approximate surface area is 117 Å². The van der Waals surface area contributed by atoms with Crippen molar-refractivity contribution in [3.63, 3.8) is 0 Å². The molecule has 5 unspecified atom stereocenters. The molecule has 0 aromatic rings. The molecule has 1 rings (SSSR count). The van der Waals surface area contributed by atoms with Gasteiger partial charge in [0.15, 0.2) is 0 Å². The first-order valence-corrected chi connectivity index (χ1v) is 7.49.